The van der Waals surface area contributed by atoms with E-state index in [-0.39, 0.29) is 0 Å². The highest BCUT2D eigenvalue weighted by atomic mass is 15.3. The van der Waals surface area contributed by atoms with Crippen LogP contribution in [0.2, 0.25) is 0 Å². The average molecular weight is 219 g/mol. The molecule has 2 rings (SSSR count). The Kier molecular flexibility index (Phi) is 3.91. The zero-order chi connectivity index (χ0) is 11.2. The standard InChI is InChI=1S/C13H21N3/c1-2-3-9-16-12-14-10-13(16)11-15-7-5-4-6-8-15/h4-7,10,14H,2-3,8-9,11-12H2,1H3. The van der Waals surface area contributed by atoms with Gasteiger partial charge in [0.25, 0.3) is 0 Å². The summed E-state index contributed by atoms with van der Waals surface area (Å²) in [6.45, 7) is 6.42. The van der Waals surface area contributed by atoms with E-state index < -0.39 is 0 Å². The number of hydrogen-bond donors (Lipinski definition) is 1. The van der Waals surface area contributed by atoms with Crippen molar-refractivity contribution in [2.75, 3.05) is 26.3 Å². The lowest BCUT2D eigenvalue weighted by atomic mass is 10.3. The van der Waals surface area contributed by atoms with Gasteiger partial charge in [-0.15, -0.1) is 0 Å². The van der Waals surface area contributed by atoms with Gasteiger partial charge in [-0.05, 0) is 18.7 Å². The summed E-state index contributed by atoms with van der Waals surface area (Å²) < 4.78 is 0. The third-order valence-corrected chi connectivity index (χ3v) is 2.99. The van der Waals surface area contributed by atoms with E-state index in [2.05, 4.69) is 52.7 Å². The summed E-state index contributed by atoms with van der Waals surface area (Å²) in [5.41, 5.74) is 1.41. The first-order valence-electron chi connectivity index (χ1n) is 6.15. The van der Waals surface area contributed by atoms with Crippen LogP contribution in [0, 0.1) is 0 Å². The molecule has 0 aromatic rings. The highest BCUT2D eigenvalue weighted by Gasteiger charge is 2.15. The van der Waals surface area contributed by atoms with E-state index in [4.69, 9.17) is 0 Å². The topological polar surface area (TPSA) is 18.5 Å². The molecule has 88 valence electrons. The van der Waals surface area contributed by atoms with Gasteiger partial charge >= 0.3 is 0 Å². The quantitative estimate of drug-likeness (QED) is 0.761. The molecule has 0 bridgehead atoms. The highest BCUT2D eigenvalue weighted by molar-refractivity contribution is 5.14. The molecule has 16 heavy (non-hydrogen) atoms. The summed E-state index contributed by atoms with van der Waals surface area (Å²) in [7, 11) is 0. The number of allylic oxidation sites excluding steroid dienone is 2. The molecule has 3 nitrogen and oxygen atoms in total. The lowest BCUT2D eigenvalue weighted by Crippen LogP contribution is -2.31. The Morgan fingerprint density at radius 2 is 2.31 bits per heavy atom. The van der Waals surface area contributed by atoms with Gasteiger partial charge in [-0.1, -0.05) is 25.5 Å². The van der Waals surface area contributed by atoms with Crippen LogP contribution in [-0.4, -0.2) is 36.1 Å². The molecule has 0 unspecified atom stereocenters. The fourth-order valence-electron chi connectivity index (χ4n) is 2.02. The molecule has 0 aromatic heterocycles. The zero-order valence-electron chi connectivity index (χ0n) is 10.0. The van der Waals surface area contributed by atoms with E-state index in [0.29, 0.717) is 0 Å². The number of hydrogen-bond acceptors (Lipinski definition) is 3. The van der Waals surface area contributed by atoms with Crippen LogP contribution in [0.15, 0.2) is 36.3 Å². The fraction of sp³-hybridized carbons (Fsp3) is 0.538. The third-order valence-electron chi connectivity index (χ3n) is 2.99. The smallest absolute Gasteiger partial charge is 0.0870 e. The van der Waals surface area contributed by atoms with E-state index >= 15 is 0 Å². The molecule has 0 aromatic carbocycles. The van der Waals surface area contributed by atoms with Crippen molar-refractivity contribution in [1.82, 2.24) is 15.1 Å². The van der Waals surface area contributed by atoms with Gasteiger partial charge in [0.1, 0.15) is 0 Å². The Labute approximate surface area is 98.1 Å². The van der Waals surface area contributed by atoms with Gasteiger partial charge in [-0.2, -0.15) is 0 Å². The Balaban J connectivity index is 1.83. The Morgan fingerprint density at radius 1 is 1.38 bits per heavy atom. The van der Waals surface area contributed by atoms with Crippen molar-refractivity contribution in [3.63, 3.8) is 0 Å². The maximum atomic E-state index is 3.32. The first kappa shape index (κ1) is 11.1. The van der Waals surface area contributed by atoms with Gasteiger partial charge in [0.2, 0.25) is 0 Å². The van der Waals surface area contributed by atoms with E-state index in [1.807, 2.05) is 0 Å². The van der Waals surface area contributed by atoms with Gasteiger partial charge < -0.3 is 15.1 Å². The van der Waals surface area contributed by atoms with Crippen molar-refractivity contribution in [2.45, 2.75) is 19.8 Å². The summed E-state index contributed by atoms with van der Waals surface area (Å²) in [4.78, 5) is 4.77. The molecule has 0 radical (unpaired) electrons. The monoisotopic (exact) mass is 219 g/mol. The molecular formula is C13H21N3. The molecule has 0 saturated carbocycles. The summed E-state index contributed by atoms with van der Waals surface area (Å²) in [6.07, 6.45) is 13.2. The molecule has 1 N–H and O–H groups in total. The maximum absolute atomic E-state index is 3.32. The molecule has 2 aliphatic rings. The summed E-state index contributed by atoms with van der Waals surface area (Å²) in [5.74, 6) is 0. The molecule has 0 atom stereocenters. The molecule has 0 fully saturated rings. The largest absolute Gasteiger partial charge is 0.372 e. The SMILES string of the molecule is CCCCN1CNC=C1CN1C=CC=CC1. The minimum absolute atomic E-state index is 0.975. The molecule has 2 heterocycles. The second-order valence-corrected chi connectivity index (χ2v) is 4.31. The van der Waals surface area contributed by atoms with Crippen LogP contribution < -0.4 is 5.32 Å². The zero-order valence-corrected chi connectivity index (χ0v) is 10.0. The number of unbranched alkanes of at least 4 members (excludes halogenated alkanes) is 1. The number of nitrogens with zero attached hydrogens (tertiary/aromatic N) is 2. The Hall–Kier alpha value is -1.38. The minimum atomic E-state index is 0.975. The molecular weight excluding hydrogens is 198 g/mol. The predicted molar refractivity (Wildman–Crippen MR) is 67.6 cm³/mol. The second-order valence-electron chi connectivity index (χ2n) is 4.31. The molecule has 3 heteroatoms. The van der Waals surface area contributed by atoms with E-state index in [0.717, 1.165) is 19.8 Å². The second kappa shape index (κ2) is 5.64. The molecule has 0 spiro atoms. The lowest BCUT2D eigenvalue weighted by Gasteiger charge is -2.26. The van der Waals surface area contributed by atoms with Gasteiger partial charge in [-0.3, -0.25) is 0 Å². The van der Waals surface area contributed by atoms with Crippen LogP contribution in [0.1, 0.15) is 19.8 Å². The maximum Gasteiger partial charge on any atom is 0.0870 e. The molecule has 0 saturated heterocycles. The van der Waals surface area contributed by atoms with E-state index in [1.165, 1.54) is 25.1 Å². The Morgan fingerprint density at radius 3 is 3.06 bits per heavy atom. The van der Waals surface area contributed by atoms with Crippen molar-refractivity contribution in [2.24, 2.45) is 0 Å². The van der Waals surface area contributed by atoms with Crippen molar-refractivity contribution >= 4 is 0 Å². The van der Waals surface area contributed by atoms with Gasteiger partial charge in [0.05, 0.1) is 18.9 Å². The van der Waals surface area contributed by atoms with E-state index in [9.17, 15) is 0 Å². The average Bonchev–Trinajstić information content (AvgIpc) is 2.75. The van der Waals surface area contributed by atoms with Crippen molar-refractivity contribution in [1.29, 1.82) is 0 Å². The first-order valence-corrected chi connectivity index (χ1v) is 6.15. The normalized spacial score (nSPS) is 18.9. The van der Waals surface area contributed by atoms with Crippen molar-refractivity contribution in [3.05, 3.63) is 36.3 Å². The molecule has 2 aliphatic heterocycles. The van der Waals surface area contributed by atoms with Gasteiger partial charge in [-0.25, -0.2) is 0 Å². The fourth-order valence-corrected chi connectivity index (χ4v) is 2.02. The summed E-state index contributed by atoms with van der Waals surface area (Å²) >= 11 is 0. The summed E-state index contributed by atoms with van der Waals surface area (Å²) in [6, 6.07) is 0. The first-order chi connectivity index (χ1) is 7.90. The lowest BCUT2D eigenvalue weighted by molar-refractivity contribution is 0.316. The number of rotatable bonds is 5. The van der Waals surface area contributed by atoms with Crippen LogP contribution in [0.25, 0.3) is 0 Å². The highest BCUT2D eigenvalue weighted by Crippen LogP contribution is 2.12. The van der Waals surface area contributed by atoms with Crippen molar-refractivity contribution < 1.29 is 0 Å². The van der Waals surface area contributed by atoms with Crippen LogP contribution in [0.5, 0.6) is 0 Å². The predicted octanol–water partition coefficient (Wildman–Crippen LogP) is 1.88. The van der Waals surface area contributed by atoms with Crippen LogP contribution in [0.3, 0.4) is 0 Å². The van der Waals surface area contributed by atoms with Crippen molar-refractivity contribution in [3.8, 4) is 0 Å². The molecule has 0 amide bonds. The summed E-state index contributed by atoms with van der Waals surface area (Å²) in [5, 5.41) is 3.32. The van der Waals surface area contributed by atoms with Crippen LogP contribution in [0.4, 0.5) is 0 Å². The van der Waals surface area contributed by atoms with Crippen LogP contribution >= 0.6 is 0 Å². The molecule has 0 aliphatic carbocycles. The van der Waals surface area contributed by atoms with Gasteiger partial charge in [0, 0.05) is 19.3 Å². The van der Waals surface area contributed by atoms with Crippen LogP contribution in [-0.2, 0) is 0 Å². The van der Waals surface area contributed by atoms with Gasteiger partial charge in [0.15, 0.2) is 0 Å². The minimum Gasteiger partial charge on any atom is -0.372 e. The van der Waals surface area contributed by atoms with E-state index in [1.54, 1.807) is 0 Å². The number of nitrogens with one attached hydrogen (secondary N) is 1. The Bertz CT molecular complexity index is 304. The third kappa shape index (κ3) is 2.81.